The molecule has 0 aliphatic heterocycles. The average Bonchev–Trinajstić information content (AvgIpc) is 3.50. The van der Waals surface area contributed by atoms with Crippen LogP contribution in [0.25, 0.3) is 0 Å². The fourth-order valence-corrected chi connectivity index (χ4v) is 4.42. The van der Waals surface area contributed by atoms with Gasteiger partial charge in [-0.15, -0.1) is 0 Å². The summed E-state index contributed by atoms with van der Waals surface area (Å²) in [6.07, 6.45) is 2.12. The zero-order valence-corrected chi connectivity index (χ0v) is 17.1. The maximum absolute atomic E-state index is 12.8. The van der Waals surface area contributed by atoms with Gasteiger partial charge in [-0.3, -0.25) is 4.79 Å². The number of carbonyl (C=O) groups is 1. The molecule has 150 valence electrons. The van der Waals surface area contributed by atoms with Gasteiger partial charge in [-0.1, -0.05) is 18.2 Å². The number of sulfonamides is 1. The van der Waals surface area contributed by atoms with Crippen LogP contribution < -0.4 is 14.8 Å². The summed E-state index contributed by atoms with van der Waals surface area (Å²) in [5, 5.41) is 3.07. The van der Waals surface area contributed by atoms with Crippen LogP contribution in [0.1, 0.15) is 48.7 Å². The van der Waals surface area contributed by atoms with E-state index in [1.807, 2.05) is 24.3 Å². The van der Waals surface area contributed by atoms with E-state index in [0.29, 0.717) is 11.5 Å². The molecular formula is C21H26N2O4S. The minimum Gasteiger partial charge on any atom is -0.497 e. The molecule has 0 heterocycles. The summed E-state index contributed by atoms with van der Waals surface area (Å²) in [5.41, 5.74) is 1.34. The SMILES string of the molecule is COc1ccc(C(NC(=O)c2cccc(S(=O)(=O)NC(C)C)c2)C2CC2)cc1. The van der Waals surface area contributed by atoms with Gasteiger partial charge in [0.05, 0.1) is 18.0 Å². The molecule has 2 aromatic carbocycles. The number of benzene rings is 2. The number of nitrogens with one attached hydrogen (secondary N) is 2. The molecule has 0 saturated heterocycles. The second-order valence-corrected chi connectivity index (χ2v) is 9.08. The van der Waals surface area contributed by atoms with E-state index in [2.05, 4.69) is 10.0 Å². The first-order valence-corrected chi connectivity index (χ1v) is 10.9. The quantitative estimate of drug-likeness (QED) is 0.710. The molecule has 3 rings (SSSR count). The van der Waals surface area contributed by atoms with E-state index in [4.69, 9.17) is 4.74 Å². The van der Waals surface area contributed by atoms with E-state index in [1.54, 1.807) is 33.1 Å². The number of ether oxygens (including phenoxy) is 1. The normalized spacial score (nSPS) is 15.3. The lowest BCUT2D eigenvalue weighted by molar-refractivity contribution is 0.0931. The smallest absolute Gasteiger partial charge is 0.251 e. The van der Waals surface area contributed by atoms with Crippen LogP contribution in [0.4, 0.5) is 0 Å². The van der Waals surface area contributed by atoms with Crippen LogP contribution in [0.2, 0.25) is 0 Å². The van der Waals surface area contributed by atoms with Crippen LogP contribution in [0.5, 0.6) is 5.75 Å². The van der Waals surface area contributed by atoms with Gasteiger partial charge < -0.3 is 10.1 Å². The van der Waals surface area contributed by atoms with Crippen LogP contribution in [0.3, 0.4) is 0 Å². The highest BCUT2D eigenvalue weighted by Crippen LogP contribution is 2.41. The molecule has 0 radical (unpaired) electrons. The molecule has 6 nitrogen and oxygen atoms in total. The third kappa shape index (κ3) is 4.91. The fraction of sp³-hybridized carbons (Fsp3) is 0.381. The minimum absolute atomic E-state index is 0.0845. The first kappa shape index (κ1) is 20.4. The summed E-state index contributed by atoms with van der Waals surface area (Å²) in [7, 11) is -2.04. The number of carbonyl (C=O) groups excluding carboxylic acids is 1. The van der Waals surface area contributed by atoms with Crippen LogP contribution in [0.15, 0.2) is 53.4 Å². The molecule has 1 fully saturated rings. The Morgan fingerprint density at radius 3 is 2.36 bits per heavy atom. The Bertz CT molecular complexity index is 935. The molecule has 1 aliphatic rings. The Kier molecular flexibility index (Phi) is 6.05. The molecule has 0 bridgehead atoms. The van der Waals surface area contributed by atoms with E-state index in [9.17, 15) is 13.2 Å². The van der Waals surface area contributed by atoms with E-state index < -0.39 is 10.0 Å². The Labute approximate surface area is 166 Å². The summed E-state index contributed by atoms with van der Waals surface area (Å²) in [6, 6.07) is 13.4. The largest absolute Gasteiger partial charge is 0.497 e. The van der Waals surface area contributed by atoms with Crippen LogP contribution in [-0.2, 0) is 10.0 Å². The molecule has 1 aliphatic carbocycles. The zero-order valence-electron chi connectivity index (χ0n) is 16.3. The van der Waals surface area contributed by atoms with Crippen molar-refractivity contribution in [2.45, 2.75) is 43.7 Å². The van der Waals surface area contributed by atoms with E-state index in [1.165, 1.54) is 12.1 Å². The molecule has 2 N–H and O–H groups in total. The molecule has 1 amide bonds. The maximum atomic E-state index is 12.8. The van der Waals surface area contributed by atoms with Crippen LogP contribution >= 0.6 is 0 Å². The predicted octanol–water partition coefficient (Wildman–Crippen LogP) is 3.26. The van der Waals surface area contributed by atoms with Gasteiger partial charge in [0.2, 0.25) is 10.0 Å². The Hall–Kier alpha value is -2.38. The van der Waals surface area contributed by atoms with E-state index in [0.717, 1.165) is 24.2 Å². The van der Waals surface area contributed by atoms with Crippen LogP contribution in [0, 0.1) is 5.92 Å². The highest BCUT2D eigenvalue weighted by molar-refractivity contribution is 7.89. The Balaban J connectivity index is 1.80. The Morgan fingerprint density at radius 1 is 1.11 bits per heavy atom. The van der Waals surface area contributed by atoms with Crippen molar-refractivity contribution in [2.24, 2.45) is 5.92 Å². The zero-order chi connectivity index (χ0) is 20.3. The predicted molar refractivity (Wildman–Crippen MR) is 108 cm³/mol. The molecule has 1 atom stereocenters. The minimum atomic E-state index is -3.65. The van der Waals surface area contributed by atoms with Crippen molar-refractivity contribution in [2.75, 3.05) is 7.11 Å². The lowest BCUT2D eigenvalue weighted by Gasteiger charge is -2.19. The molecule has 0 spiro atoms. The second-order valence-electron chi connectivity index (χ2n) is 7.37. The Morgan fingerprint density at radius 2 is 1.79 bits per heavy atom. The number of amides is 1. The summed E-state index contributed by atoms with van der Waals surface area (Å²) >= 11 is 0. The highest BCUT2D eigenvalue weighted by Gasteiger charge is 2.33. The maximum Gasteiger partial charge on any atom is 0.251 e. The van der Waals surface area contributed by atoms with E-state index in [-0.39, 0.29) is 22.9 Å². The molecule has 7 heteroatoms. The van der Waals surface area contributed by atoms with Crippen LogP contribution in [-0.4, -0.2) is 27.5 Å². The molecular weight excluding hydrogens is 376 g/mol. The summed E-state index contributed by atoms with van der Waals surface area (Å²) < 4.78 is 32.5. The molecule has 2 aromatic rings. The number of hydrogen-bond donors (Lipinski definition) is 2. The third-order valence-electron chi connectivity index (χ3n) is 4.65. The number of methoxy groups -OCH3 is 1. The van der Waals surface area contributed by atoms with Crippen molar-refractivity contribution >= 4 is 15.9 Å². The lowest BCUT2D eigenvalue weighted by Crippen LogP contribution is -2.31. The van der Waals surface area contributed by atoms with Gasteiger partial charge in [0.1, 0.15) is 5.75 Å². The molecule has 28 heavy (non-hydrogen) atoms. The first-order valence-electron chi connectivity index (χ1n) is 9.37. The number of rotatable bonds is 8. The second kappa shape index (κ2) is 8.32. The third-order valence-corrected chi connectivity index (χ3v) is 6.31. The topological polar surface area (TPSA) is 84.5 Å². The van der Waals surface area contributed by atoms with Crippen molar-refractivity contribution < 1.29 is 17.9 Å². The summed E-state index contributed by atoms with van der Waals surface area (Å²) in [4.78, 5) is 12.9. The van der Waals surface area contributed by atoms with Gasteiger partial charge in [-0.05, 0) is 68.5 Å². The first-order chi connectivity index (χ1) is 13.3. The van der Waals surface area contributed by atoms with Crippen molar-refractivity contribution in [3.05, 3.63) is 59.7 Å². The van der Waals surface area contributed by atoms with Crippen molar-refractivity contribution in [1.82, 2.24) is 10.0 Å². The van der Waals surface area contributed by atoms with Gasteiger partial charge in [0.15, 0.2) is 0 Å². The molecule has 0 aromatic heterocycles. The van der Waals surface area contributed by atoms with Gasteiger partial charge in [-0.25, -0.2) is 13.1 Å². The van der Waals surface area contributed by atoms with Crippen molar-refractivity contribution in [3.63, 3.8) is 0 Å². The standard InChI is InChI=1S/C21H26N2O4S/c1-14(2)23-28(25,26)19-6-4-5-17(13-19)21(24)22-20(15-7-8-15)16-9-11-18(27-3)12-10-16/h4-6,9-15,20,23H,7-8H2,1-3H3,(H,22,24). The highest BCUT2D eigenvalue weighted by atomic mass is 32.2. The fourth-order valence-electron chi connectivity index (χ4n) is 3.12. The van der Waals surface area contributed by atoms with Gasteiger partial charge >= 0.3 is 0 Å². The average molecular weight is 403 g/mol. The van der Waals surface area contributed by atoms with Gasteiger partial charge in [0, 0.05) is 11.6 Å². The lowest BCUT2D eigenvalue weighted by atomic mass is 10.0. The molecule has 1 saturated carbocycles. The monoisotopic (exact) mass is 402 g/mol. The summed E-state index contributed by atoms with van der Waals surface area (Å²) in [6.45, 7) is 3.51. The molecule has 1 unspecified atom stereocenters. The number of hydrogen-bond acceptors (Lipinski definition) is 4. The van der Waals surface area contributed by atoms with Crippen molar-refractivity contribution in [1.29, 1.82) is 0 Å². The van der Waals surface area contributed by atoms with Crippen molar-refractivity contribution in [3.8, 4) is 5.75 Å². The van der Waals surface area contributed by atoms with Gasteiger partial charge in [0.25, 0.3) is 5.91 Å². The summed E-state index contributed by atoms with van der Waals surface area (Å²) in [5.74, 6) is 0.876. The van der Waals surface area contributed by atoms with E-state index >= 15 is 0 Å². The van der Waals surface area contributed by atoms with Gasteiger partial charge in [-0.2, -0.15) is 0 Å².